The van der Waals surface area contributed by atoms with Gasteiger partial charge in [0.1, 0.15) is 34.7 Å². The van der Waals surface area contributed by atoms with Gasteiger partial charge in [-0.3, -0.25) is 24.2 Å². The number of hydrogen-bond donors (Lipinski definition) is 3. The molecule has 3 N–H and O–H groups in total. The fourth-order valence-electron chi connectivity index (χ4n) is 20.8. The third-order valence-corrected chi connectivity index (χ3v) is 27.5. The summed E-state index contributed by atoms with van der Waals surface area (Å²) in [6, 6.07) is 48.2. The lowest BCUT2D eigenvalue weighted by Crippen LogP contribution is -2.58. The average molecular weight is 1740 g/mol. The summed E-state index contributed by atoms with van der Waals surface area (Å²) >= 11 is 0. The molecule has 9 aliphatic heterocycles. The number of aromatic hydroxyl groups is 3. The van der Waals surface area contributed by atoms with E-state index in [9.17, 15) is 29.7 Å². The molecule has 6 saturated heterocycles. The number of phenolic OH excluding ortho intramolecular Hbond substituents is 3. The predicted octanol–water partition coefficient (Wildman–Crippen LogP) is 13.0. The summed E-state index contributed by atoms with van der Waals surface area (Å²) in [4.78, 5) is 93.9. The first kappa shape index (κ1) is 87.4. The zero-order chi connectivity index (χ0) is 88.6. The number of aromatic nitrogens is 6. The number of likely N-dealkylation sites (tertiary alicyclic amines) is 3. The van der Waals surface area contributed by atoms with Gasteiger partial charge in [0.25, 0.3) is 0 Å². The van der Waals surface area contributed by atoms with Gasteiger partial charge in [-0.25, -0.2) is 0 Å². The molecule has 1 saturated carbocycles. The molecule has 1 aliphatic carbocycles. The largest absolute Gasteiger partial charge is 0.508 e. The second kappa shape index (κ2) is 39.7. The van der Waals surface area contributed by atoms with E-state index in [1.54, 1.807) is 0 Å². The Hall–Kier alpha value is -12.3. The molecule has 10 aromatic rings. The quantitative estimate of drug-likeness (QED) is 0.0397. The topological polar surface area (TPSA) is 256 Å². The molecule has 7 fully saturated rings. The van der Waals surface area contributed by atoms with Crippen LogP contribution in [0.15, 0.2) is 177 Å². The molecule has 7 aromatic carbocycles. The number of piperazine rings is 3. The Morgan fingerprint density at radius 3 is 1.28 bits per heavy atom. The molecule has 674 valence electrons. The highest BCUT2D eigenvalue weighted by atomic mass is 16.5. The number of hydrogen-bond acceptors (Lipinski definition) is 24. The maximum Gasteiger partial charge on any atom is 0.318 e. The van der Waals surface area contributed by atoms with Crippen LogP contribution in [0.5, 0.6) is 35.3 Å². The standard InChI is InChI=1S/C36H40N6O3.C34H44N6O3.C32H38N6O3/c1-2-34(44)40-16-18-41(19-17-40)35-31-13-15-42(33-21-29(43)20-28-10-6-7-11-30(28)33)24-32(31)37-36(38-35)45-25-27-12-14-39(23-27)22-26-8-4-3-5-9-26;1-4-32(42)40-24(2)21-39(22-25(40)3)33-29-13-17-38(31-20-27(41)19-26-11-6-7-12-28(26)31)23-30(29)35-34(36-33)43-18-10-16-37-14-8-5-9-15-37;1-2-30(40)35-13-15-36(16-14-35)31-27-10-12-38(29-18-25(39)17-23-5-3-4-6-26(23)29)20-28(27)33-32(34-31)41-21-22-9-11-37(19-22)24-7-8-24/h2-11,20-21,27,43H,1,12-19,22-25H2;4,6-7,11-12,19-20,24-25,41H,1,5,8-10,13-18,21-23H2,2-3H3;2-6,17-18,22,24,39H,1,7-16,19-21H2/t;24-,25+;. The third-order valence-electron chi connectivity index (χ3n) is 27.5. The molecule has 0 radical (unpaired) electrons. The first-order valence-electron chi connectivity index (χ1n) is 46.7. The van der Waals surface area contributed by atoms with Gasteiger partial charge in [0.05, 0.1) is 56.5 Å². The van der Waals surface area contributed by atoms with Gasteiger partial charge in [-0.1, -0.05) is 129 Å². The molecular formula is C102H122N18O9. The smallest absolute Gasteiger partial charge is 0.318 e. The van der Waals surface area contributed by atoms with Gasteiger partial charge in [-0.2, -0.15) is 29.9 Å². The number of rotatable bonds is 23. The lowest BCUT2D eigenvalue weighted by atomic mass is 10.0. The summed E-state index contributed by atoms with van der Waals surface area (Å²) in [6.45, 7) is 36.5. The number of benzene rings is 7. The van der Waals surface area contributed by atoms with Crippen LogP contribution in [0.2, 0.25) is 0 Å². The van der Waals surface area contributed by atoms with E-state index in [2.05, 4.69) is 126 Å². The Balaban J connectivity index is 0.000000131. The summed E-state index contributed by atoms with van der Waals surface area (Å²) < 4.78 is 19.0. The first-order valence-corrected chi connectivity index (χ1v) is 46.7. The van der Waals surface area contributed by atoms with Crippen LogP contribution in [0, 0.1) is 11.8 Å². The van der Waals surface area contributed by atoms with Crippen molar-refractivity contribution in [3.8, 4) is 35.3 Å². The molecule has 0 bridgehead atoms. The fourth-order valence-corrected chi connectivity index (χ4v) is 20.8. The lowest BCUT2D eigenvalue weighted by Gasteiger charge is -2.45. The van der Waals surface area contributed by atoms with Crippen molar-refractivity contribution < 1.29 is 43.9 Å². The van der Waals surface area contributed by atoms with Crippen LogP contribution in [-0.4, -0.2) is 261 Å². The van der Waals surface area contributed by atoms with Gasteiger partial charge in [0, 0.05) is 209 Å². The van der Waals surface area contributed by atoms with Crippen molar-refractivity contribution in [2.75, 3.05) is 180 Å². The zero-order valence-electron chi connectivity index (χ0n) is 74.7. The molecular weight excluding hydrogens is 1620 g/mol. The molecule has 27 nitrogen and oxygen atoms in total. The molecule has 3 aromatic heterocycles. The van der Waals surface area contributed by atoms with Crippen molar-refractivity contribution in [3.05, 3.63) is 217 Å². The van der Waals surface area contributed by atoms with Crippen LogP contribution >= 0.6 is 0 Å². The van der Waals surface area contributed by atoms with Gasteiger partial charge in [0.15, 0.2) is 0 Å². The second-order valence-electron chi connectivity index (χ2n) is 36.4. The summed E-state index contributed by atoms with van der Waals surface area (Å²) in [6.07, 6.45) is 16.3. The molecule has 20 rings (SSSR count). The molecule has 4 atom stereocenters. The van der Waals surface area contributed by atoms with Crippen LogP contribution in [-0.2, 0) is 59.8 Å². The van der Waals surface area contributed by atoms with E-state index in [4.69, 9.17) is 44.1 Å². The summed E-state index contributed by atoms with van der Waals surface area (Å²) in [5.74, 6) is 4.38. The first-order chi connectivity index (χ1) is 63.0. The van der Waals surface area contributed by atoms with Crippen LogP contribution in [0.3, 0.4) is 0 Å². The van der Waals surface area contributed by atoms with Crippen molar-refractivity contribution >= 4 is 84.6 Å². The number of fused-ring (bicyclic) bond motifs is 6. The van der Waals surface area contributed by atoms with Crippen molar-refractivity contribution in [1.29, 1.82) is 0 Å². The summed E-state index contributed by atoms with van der Waals surface area (Å²) in [7, 11) is 0. The summed E-state index contributed by atoms with van der Waals surface area (Å²) in [5.41, 5.74) is 10.7. The molecule has 27 heteroatoms. The monoisotopic (exact) mass is 1740 g/mol. The Morgan fingerprint density at radius 1 is 0.411 bits per heavy atom. The van der Waals surface area contributed by atoms with E-state index in [1.165, 1.54) is 69.0 Å². The highest BCUT2D eigenvalue weighted by Crippen LogP contribution is 2.43. The lowest BCUT2D eigenvalue weighted by molar-refractivity contribution is -0.130. The van der Waals surface area contributed by atoms with Gasteiger partial charge in [0.2, 0.25) is 17.7 Å². The van der Waals surface area contributed by atoms with Crippen LogP contribution in [0.25, 0.3) is 32.3 Å². The van der Waals surface area contributed by atoms with Gasteiger partial charge in [-0.05, 0) is 162 Å². The minimum atomic E-state index is -0.0322. The van der Waals surface area contributed by atoms with E-state index in [1.807, 2.05) is 106 Å². The minimum absolute atomic E-state index is 0.0209. The summed E-state index contributed by atoms with van der Waals surface area (Å²) in [5, 5.41) is 37.9. The number of anilines is 6. The van der Waals surface area contributed by atoms with Crippen molar-refractivity contribution in [1.82, 2.24) is 59.3 Å². The third kappa shape index (κ3) is 20.3. The molecule has 10 aliphatic rings. The van der Waals surface area contributed by atoms with Crippen molar-refractivity contribution in [2.24, 2.45) is 11.8 Å². The number of carbonyl (C=O) groups excluding carboxylic acids is 3. The average Bonchev–Trinajstić information content (AvgIpc) is 1.18. The molecule has 3 amide bonds. The fraction of sp³-hybridized carbons (Fsp3) is 0.441. The van der Waals surface area contributed by atoms with Gasteiger partial charge < -0.3 is 78.5 Å². The Bertz CT molecular complexity index is 5710. The van der Waals surface area contributed by atoms with Gasteiger partial charge >= 0.3 is 18.0 Å². The Morgan fingerprint density at radius 2 is 0.829 bits per heavy atom. The normalized spacial score (nSPS) is 20.3. The highest BCUT2D eigenvalue weighted by molar-refractivity contribution is 5.98. The van der Waals surface area contributed by atoms with Gasteiger partial charge in [-0.15, -0.1) is 0 Å². The second-order valence-corrected chi connectivity index (χ2v) is 36.4. The number of amides is 3. The van der Waals surface area contributed by atoms with E-state index < -0.39 is 0 Å². The maximum atomic E-state index is 12.6. The molecule has 129 heavy (non-hydrogen) atoms. The highest BCUT2D eigenvalue weighted by Gasteiger charge is 2.39. The van der Waals surface area contributed by atoms with E-state index in [0.29, 0.717) is 135 Å². The zero-order valence-corrected chi connectivity index (χ0v) is 74.7. The van der Waals surface area contributed by atoms with E-state index >= 15 is 0 Å². The van der Waals surface area contributed by atoms with Crippen molar-refractivity contribution in [2.45, 2.75) is 129 Å². The predicted molar refractivity (Wildman–Crippen MR) is 507 cm³/mol. The number of carbonyl (C=O) groups is 3. The molecule has 0 spiro atoms. The van der Waals surface area contributed by atoms with Crippen LogP contribution < -0.4 is 43.6 Å². The maximum absolute atomic E-state index is 12.6. The Labute approximate surface area is 756 Å². The van der Waals surface area contributed by atoms with Crippen LogP contribution in [0.1, 0.15) is 105 Å². The Kier molecular flexibility index (Phi) is 26.9. The van der Waals surface area contributed by atoms with Crippen LogP contribution in [0.4, 0.5) is 34.5 Å². The van der Waals surface area contributed by atoms with Crippen molar-refractivity contribution in [3.63, 3.8) is 0 Å². The van der Waals surface area contributed by atoms with E-state index in [0.717, 1.165) is 204 Å². The number of nitrogens with zero attached hydrogens (tertiary/aromatic N) is 18. The number of piperidine rings is 1. The minimum Gasteiger partial charge on any atom is -0.508 e. The van der Waals surface area contributed by atoms with E-state index in [-0.39, 0.29) is 47.1 Å². The number of ether oxygens (including phenoxy) is 3. The number of phenols is 3. The SMILES string of the molecule is C=CC(=O)N1CCN(c2nc(OCC3CCN(C4CC4)C3)nc3c2CCN(c2cc(O)cc4ccccc24)C3)CC1.C=CC(=O)N1CCN(c2nc(OCC3CCN(Cc4ccccc4)C3)nc3c2CCN(c2cc(O)cc4ccccc24)C3)CC1.C=CC(=O)N1[C@H](C)CN(c2nc(OCCCN3CCCCC3)nc3c2CCN(c2cc(O)cc4ccccc24)C3)C[C@@H]1C. The molecule has 2 unspecified atom stereocenters. The molecule has 12 heterocycles.